The number of alkyl halides is 3. The van der Waals surface area contributed by atoms with Crippen LogP contribution in [0.25, 0.3) is 0 Å². The largest absolute Gasteiger partial charge is 0.425 e. The molecule has 0 aliphatic carbocycles. The molecule has 0 heterocycles. The van der Waals surface area contributed by atoms with E-state index in [4.69, 9.17) is 5.26 Å². The van der Waals surface area contributed by atoms with Crippen LogP contribution < -0.4 is 0 Å². The fourth-order valence-electron chi connectivity index (χ4n) is 1.75. The number of rotatable bonds is 6. The van der Waals surface area contributed by atoms with Crippen molar-refractivity contribution in [3.63, 3.8) is 0 Å². The Morgan fingerprint density at radius 2 is 2.09 bits per heavy atom. The van der Waals surface area contributed by atoms with Crippen LogP contribution in [0.3, 0.4) is 0 Å². The fourth-order valence-corrected chi connectivity index (χ4v) is 2.74. The molecular formula is C15H17F3N2OS. The summed E-state index contributed by atoms with van der Waals surface area (Å²) in [6.45, 7) is 4.60. The Morgan fingerprint density at radius 3 is 2.59 bits per heavy atom. The van der Waals surface area contributed by atoms with E-state index in [2.05, 4.69) is 23.8 Å². The van der Waals surface area contributed by atoms with Crippen molar-refractivity contribution in [1.82, 2.24) is 0 Å². The Hall–Kier alpha value is -1.68. The van der Waals surface area contributed by atoms with Crippen molar-refractivity contribution in [2.45, 2.75) is 37.8 Å². The Balaban J connectivity index is 3.05. The summed E-state index contributed by atoms with van der Waals surface area (Å²) in [5.74, 6) is 1.17. The highest BCUT2D eigenvalue weighted by atomic mass is 32.2. The van der Waals surface area contributed by atoms with Gasteiger partial charge in [0.25, 0.3) is 0 Å². The van der Waals surface area contributed by atoms with Gasteiger partial charge in [0.2, 0.25) is 6.61 Å². The van der Waals surface area contributed by atoms with Crippen molar-refractivity contribution in [2.75, 3.05) is 12.4 Å². The van der Waals surface area contributed by atoms with Crippen molar-refractivity contribution in [1.29, 1.82) is 5.26 Å². The standard InChI is InChI=1S/C15H17F3N2OS/c1-4-22-14-7-11(5-6-12(14)10(2)3)13(8-19)20-21-9-15(16,17)18/h5-7,10H,4,9H2,1-3H3/b20-13+. The number of hydrogen-bond acceptors (Lipinski definition) is 4. The van der Waals surface area contributed by atoms with E-state index in [0.29, 0.717) is 11.5 Å². The average Bonchev–Trinajstić information content (AvgIpc) is 2.42. The van der Waals surface area contributed by atoms with Crippen LogP contribution in [0.4, 0.5) is 13.2 Å². The average molecular weight is 330 g/mol. The lowest BCUT2D eigenvalue weighted by atomic mass is 10.0. The number of nitriles is 1. The van der Waals surface area contributed by atoms with Crippen LogP contribution >= 0.6 is 11.8 Å². The predicted molar refractivity (Wildman–Crippen MR) is 81.1 cm³/mol. The SMILES string of the molecule is CCSc1cc(/C(C#N)=N/OCC(F)(F)F)ccc1C(C)C. The van der Waals surface area contributed by atoms with Crippen LogP contribution in [0.15, 0.2) is 28.3 Å². The molecule has 1 rings (SSSR count). The number of benzene rings is 1. The molecule has 0 aromatic heterocycles. The maximum atomic E-state index is 12.0. The van der Waals surface area contributed by atoms with Crippen molar-refractivity contribution in [2.24, 2.45) is 5.16 Å². The molecule has 0 unspecified atom stereocenters. The van der Waals surface area contributed by atoms with Crippen LogP contribution in [0.5, 0.6) is 0 Å². The van der Waals surface area contributed by atoms with E-state index in [1.165, 1.54) is 0 Å². The third-order valence-corrected chi connectivity index (χ3v) is 3.65. The Morgan fingerprint density at radius 1 is 1.41 bits per heavy atom. The van der Waals surface area contributed by atoms with Gasteiger partial charge < -0.3 is 4.84 Å². The molecule has 0 fully saturated rings. The first kappa shape index (κ1) is 18.4. The van der Waals surface area contributed by atoms with Gasteiger partial charge in [0.1, 0.15) is 6.07 Å². The summed E-state index contributed by atoms with van der Waals surface area (Å²) in [5.41, 5.74) is 1.41. The quantitative estimate of drug-likeness (QED) is 0.430. The number of oxime groups is 1. The Kier molecular flexibility index (Phi) is 6.75. The van der Waals surface area contributed by atoms with Crippen molar-refractivity contribution < 1.29 is 18.0 Å². The zero-order chi connectivity index (χ0) is 16.8. The van der Waals surface area contributed by atoms with E-state index in [1.54, 1.807) is 30.0 Å². The van der Waals surface area contributed by atoms with Crippen LogP contribution in [0.2, 0.25) is 0 Å². The molecule has 0 atom stereocenters. The van der Waals surface area contributed by atoms with E-state index in [0.717, 1.165) is 16.2 Å². The van der Waals surface area contributed by atoms with Crippen molar-refractivity contribution in [3.8, 4) is 6.07 Å². The van der Waals surface area contributed by atoms with E-state index < -0.39 is 12.8 Å². The third kappa shape index (κ3) is 5.60. The van der Waals surface area contributed by atoms with Gasteiger partial charge in [0, 0.05) is 10.5 Å². The third-order valence-electron chi connectivity index (χ3n) is 2.70. The van der Waals surface area contributed by atoms with Gasteiger partial charge in [-0.2, -0.15) is 18.4 Å². The van der Waals surface area contributed by atoms with Gasteiger partial charge in [-0.15, -0.1) is 11.8 Å². The van der Waals surface area contributed by atoms with Gasteiger partial charge in [-0.25, -0.2) is 0 Å². The molecule has 0 saturated carbocycles. The highest BCUT2D eigenvalue weighted by Crippen LogP contribution is 2.29. The van der Waals surface area contributed by atoms with Gasteiger partial charge in [0.05, 0.1) is 0 Å². The van der Waals surface area contributed by atoms with Crippen LogP contribution in [0, 0.1) is 11.3 Å². The molecule has 7 heteroatoms. The molecule has 1 aromatic carbocycles. The number of thioether (sulfide) groups is 1. The molecule has 0 amide bonds. The minimum absolute atomic E-state index is 0.169. The molecule has 0 radical (unpaired) electrons. The maximum absolute atomic E-state index is 12.0. The first-order chi connectivity index (χ1) is 10.3. The number of hydrogen-bond donors (Lipinski definition) is 0. The lowest BCUT2D eigenvalue weighted by Gasteiger charge is -2.13. The lowest BCUT2D eigenvalue weighted by molar-refractivity contribution is -0.173. The zero-order valence-corrected chi connectivity index (χ0v) is 13.4. The highest BCUT2D eigenvalue weighted by Gasteiger charge is 2.28. The minimum Gasteiger partial charge on any atom is -0.385 e. The molecule has 0 spiro atoms. The van der Waals surface area contributed by atoms with Gasteiger partial charge in [-0.3, -0.25) is 0 Å². The van der Waals surface area contributed by atoms with Crippen LogP contribution in [-0.2, 0) is 4.84 Å². The highest BCUT2D eigenvalue weighted by molar-refractivity contribution is 7.99. The molecule has 0 aliphatic rings. The predicted octanol–water partition coefficient (Wildman–Crippen LogP) is 4.73. The number of halogens is 3. The summed E-state index contributed by atoms with van der Waals surface area (Å²) in [5, 5.41) is 12.4. The summed E-state index contributed by atoms with van der Waals surface area (Å²) < 4.78 is 36.1. The first-order valence-corrected chi connectivity index (χ1v) is 7.71. The maximum Gasteiger partial charge on any atom is 0.425 e. The van der Waals surface area contributed by atoms with E-state index in [9.17, 15) is 13.2 Å². The second-order valence-corrected chi connectivity index (χ2v) is 6.09. The van der Waals surface area contributed by atoms with Crippen LogP contribution in [-0.4, -0.2) is 24.2 Å². The summed E-state index contributed by atoms with van der Waals surface area (Å²) in [6.07, 6.45) is -4.48. The van der Waals surface area contributed by atoms with E-state index in [-0.39, 0.29) is 5.71 Å². The second-order valence-electron chi connectivity index (χ2n) is 4.78. The summed E-state index contributed by atoms with van der Waals surface area (Å²) in [6, 6.07) is 7.08. The van der Waals surface area contributed by atoms with Gasteiger partial charge in [-0.1, -0.05) is 38.1 Å². The molecule has 1 aromatic rings. The molecular weight excluding hydrogens is 313 g/mol. The van der Waals surface area contributed by atoms with Gasteiger partial charge in [-0.05, 0) is 23.3 Å². The lowest BCUT2D eigenvalue weighted by Crippen LogP contribution is -2.15. The fraction of sp³-hybridized carbons (Fsp3) is 0.467. The molecule has 22 heavy (non-hydrogen) atoms. The van der Waals surface area contributed by atoms with Gasteiger partial charge in [0.15, 0.2) is 5.71 Å². The normalized spacial score (nSPS) is 12.4. The van der Waals surface area contributed by atoms with E-state index in [1.807, 2.05) is 13.0 Å². The summed E-state index contributed by atoms with van der Waals surface area (Å²) in [7, 11) is 0. The van der Waals surface area contributed by atoms with E-state index >= 15 is 0 Å². The van der Waals surface area contributed by atoms with Gasteiger partial charge >= 0.3 is 6.18 Å². The first-order valence-electron chi connectivity index (χ1n) is 6.72. The molecule has 120 valence electrons. The monoisotopic (exact) mass is 330 g/mol. The molecule has 3 nitrogen and oxygen atoms in total. The van der Waals surface area contributed by atoms with Crippen molar-refractivity contribution >= 4 is 17.5 Å². The van der Waals surface area contributed by atoms with Crippen molar-refractivity contribution in [3.05, 3.63) is 29.3 Å². The topological polar surface area (TPSA) is 45.4 Å². The summed E-state index contributed by atoms with van der Waals surface area (Å²) >= 11 is 1.62. The second kappa shape index (κ2) is 8.08. The van der Waals surface area contributed by atoms with Crippen LogP contribution in [0.1, 0.15) is 37.8 Å². The molecule has 0 aliphatic heterocycles. The minimum atomic E-state index is -4.48. The molecule has 0 bridgehead atoms. The molecule has 0 N–H and O–H groups in total. The smallest absolute Gasteiger partial charge is 0.385 e. The zero-order valence-electron chi connectivity index (χ0n) is 12.6. The number of nitrogens with zero attached hydrogens (tertiary/aromatic N) is 2. The molecule has 0 saturated heterocycles. The summed E-state index contributed by atoms with van der Waals surface area (Å²) in [4.78, 5) is 5.21. The Bertz CT molecular complexity index is 577. The Labute approximate surface area is 132 Å².